The summed E-state index contributed by atoms with van der Waals surface area (Å²) in [5, 5.41) is 11.1. The third kappa shape index (κ3) is 3.98. The van der Waals surface area contributed by atoms with Crippen molar-refractivity contribution in [3.05, 3.63) is 74.7 Å². The molecule has 122 valence electrons. The number of hydrogen-bond acceptors (Lipinski definition) is 4. The molecule has 3 rings (SSSR count). The number of nitrogens with zero attached hydrogens (tertiary/aromatic N) is 3. The first-order valence-electron chi connectivity index (χ1n) is 7.28. The molecule has 0 atom stereocenters. The zero-order chi connectivity index (χ0) is 16.9. The van der Waals surface area contributed by atoms with Crippen LogP contribution in [0, 0.1) is 11.7 Å². The molecule has 0 spiro atoms. The second kappa shape index (κ2) is 7.55. The van der Waals surface area contributed by atoms with Gasteiger partial charge in [0.05, 0.1) is 6.21 Å². The summed E-state index contributed by atoms with van der Waals surface area (Å²) >= 11 is 8.57. The van der Waals surface area contributed by atoms with Crippen molar-refractivity contribution in [2.24, 2.45) is 5.10 Å². The van der Waals surface area contributed by atoms with Crippen molar-refractivity contribution in [3.8, 4) is 5.75 Å². The lowest BCUT2D eigenvalue weighted by atomic mass is 10.2. The lowest BCUT2D eigenvalue weighted by Gasteiger charge is -2.09. The van der Waals surface area contributed by atoms with Gasteiger partial charge in [-0.1, -0.05) is 40.2 Å². The van der Waals surface area contributed by atoms with Gasteiger partial charge in [0.2, 0.25) is 4.77 Å². The van der Waals surface area contributed by atoms with Crippen LogP contribution >= 0.6 is 28.1 Å². The number of aromatic amines is 1. The molecule has 0 amide bonds. The summed E-state index contributed by atoms with van der Waals surface area (Å²) in [5.41, 5.74) is 1.97. The molecular formula is C17H15BrN4OS. The molecule has 0 saturated heterocycles. The first-order valence-corrected chi connectivity index (χ1v) is 8.48. The Morgan fingerprint density at radius 3 is 2.71 bits per heavy atom. The van der Waals surface area contributed by atoms with Gasteiger partial charge in [0.15, 0.2) is 0 Å². The maximum atomic E-state index is 5.93. The molecule has 1 heterocycles. The number of para-hydroxylation sites is 1. The summed E-state index contributed by atoms with van der Waals surface area (Å²) in [7, 11) is 0. The Kier molecular flexibility index (Phi) is 5.22. The van der Waals surface area contributed by atoms with E-state index in [9.17, 15) is 0 Å². The van der Waals surface area contributed by atoms with E-state index < -0.39 is 0 Å². The van der Waals surface area contributed by atoms with E-state index in [0.29, 0.717) is 17.2 Å². The van der Waals surface area contributed by atoms with Gasteiger partial charge in [-0.15, -0.1) is 0 Å². The Balaban J connectivity index is 1.78. The lowest BCUT2D eigenvalue weighted by molar-refractivity contribution is 0.306. The minimum absolute atomic E-state index is 0.456. The monoisotopic (exact) mass is 402 g/mol. The van der Waals surface area contributed by atoms with Crippen molar-refractivity contribution in [1.29, 1.82) is 0 Å². The van der Waals surface area contributed by atoms with Gasteiger partial charge in [-0.05, 0) is 49.0 Å². The molecule has 24 heavy (non-hydrogen) atoms. The fraction of sp³-hybridized carbons (Fsp3) is 0.118. The van der Waals surface area contributed by atoms with Gasteiger partial charge in [-0.3, -0.25) is 5.10 Å². The second-order valence-corrected chi connectivity index (χ2v) is 6.39. The highest BCUT2D eigenvalue weighted by Crippen LogP contribution is 2.18. The van der Waals surface area contributed by atoms with Crippen molar-refractivity contribution in [2.75, 3.05) is 0 Å². The number of H-pyrrole nitrogens is 1. The zero-order valence-electron chi connectivity index (χ0n) is 12.9. The molecule has 3 aromatic rings. The minimum atomic E-state index is 0.456. The molecule has 5 nitrogen and oxygen atoms in total. The molecular weight excluding hydrogens is 388 g/mol. The smallest absolute Gasteiger partial charge is 0.216 e. The fourth-order valence-corrected chi connectivity index (χ4v) is 2.58. The van der Waals surface area contributed by atoms with Crippen LogP contribution in [-0.2, 0) is 6.61 Å². The third-order valence-electron chi connectivity index (χ3n) is 3.35. The summed E-state index contributed by atoms with van der Waals surface area (Å²) in [6.45, 7) is 2.32. The van der Waals surface area contributed by atoms with Gasteiger partial charge in [0.25, 0.3) is 0 Å². The molecule has 2 aromatic carbocycles. The largest absolute Gasteiger partial charge is 0.488 e. The van der Waals surface area contributed by atoms with Crippen LogP contribution in [0.25, 0.3) is 0 Å². The van der Waals surface area contributed by atoms with Crippen molar-refractivity contribution in [1.82, 2.24) is 14.9 Å². The molecule has 0 aliphatic carbocycles. The molecule has 0 radical (unpaired) electrons. The van der Waals surface area contributed by atoms with E-state index in [-0.39, 0.29) is 0 Å². The number of aromatic nitrogens is 3. The molecule has 0 aliphatic rings. The number of hydrogen-bond donors (Lipinski definition) is 1. The van der Waals surface area contributed by atoms with Crippen LogP contribution in [-0.4, -0.2) is 21.1 Å². The Bertz CT molecular complexity index is 915. The molecule has 1 aromatic heterocycles. The topological polar surface area (TPSA) is 55.2 Å². The maximum absolute atomic E-state index is 5.93. The van der Waals surface area contributed by atoms with Gasteiger partial charge in [-0.25, -0.2) is 0 Å². The SMILES string of the molecule is Cc1n[nH]c(=S)n1/N=C/c1ccccc1OCc1ccc(Br)cc1. The standard InChI is InChI=1S/C17H15BrN4OS/c1-12-20-21-17(24)22(12)19-10-14-4-2-3-5-16(14)23-11-13-6-8-15(18)9-7-13/h2-10H,11H2,1H3,(H,21,24)/b19-10+. The van der Waals surface area contributed by atoms with Crippen LogP contribution in [0.2, 0.25) is 0 Å². The quantitative estimate of drug-likeness (QED) is 0.505. The first-order chi connectivity index (χ1) is 11.6. The first kappa shape index (κ1) is 16.6. The van der Waals surface area contributed by atoms with E-state index in [1.54, 1.807) is 10.9 Å². The van der Waals surface area contributed by atoms with E-state index in [1.165, 1.54) is 0 Å². The molecule has 0 bridgehead atoms. The highest BCUT2D eigenvalue weighted by Gasteiger charge is 2.03. The Morgan fingerprint density at radius 2 is 2.00 bits per heavy atom. The van der Waals surface area contributed by atoms with E-state index in [1.807, 2.05) is 55.5 Å². The summed E-state index contributed by atoms with van der Waals surface area (Å²) < 4.78 is 9.00. The van der Waals surface area contributed by atoms with Crippen molar-refractivity contribution >= 4 is 34.4 Å². The molecule has 0 fully saturated rings. The van der Waals surface area contributed by atoms with E-state index >= 15 is 0 Å². The van der Waals surface area contributed by atoms with Crippen molar-refractivity contribution < 1.29 is 4.74 Å². The van der Waals surface area contributed by atoms with Gasteiger partial charge >= 0.3 is 0 Å². The van der Waals surface area contributed by atoms with Crippen LogP contribution in [0.4, 0.5) is 0 Å². The summed E-state index contributed by atoms with van der Waals surface area (Å²) in [6, 6.07) is 15.8. The van der Waals surface area contributed by atoms with Crippen LogP contribution in [0.3, 0.4) is 0 Å². The predicted molar refractivity (Wildman–Crippen MR) is 100 cm³/mol. The average Bonchev–Trinajstić information content (AvgIpc) is 2.91. The summed E-state index contributed by atoms with van der Waals surface area (Å²) in [5.74, 6) is 1.46. The number of rotatable bonds is 5. The van der Waals surface area contributed by atoms with E-state index in [2.05, 4.69) is 31.2 Å². The highest BCUT2D eigenvalue weighted by atomic mass is 79.9. The molecule has 7 heteroatoms. The number of halogens is 1. The Hall–Kier alpha value is -2.25. The van der Waals surface area contributed by atoms with Crippen molar-refractivity contribution in [3.63, 3.8) is 0 Å². The maximum Gasteiger partial charge on any atom is 0.216 e. The van der Waals surface area contributed by atoms with Gasteiger partial charge < -0.3 is 4.74 Å². The molecule has 0 unspecified atom stereocenters. The zero-order valence-corrected chi connectivity index (χ0v) is 15.3. The van der Waals surface area contributed by atoms with Crippen LogP contribution < -0.4 is 4.74 Å². The normalized spacial score (nSPS) is 11.1. The van der Waals surface area contributed by atoms with Gasteiger partial charge in [-0.2, -0.15) is 14.9 Å². The number of ether oxygens (including phenoxy) is 1. The van der Waals surface area contributed by atoms with Gasteiger partial charge in [0.1, 0.15) is 18.2 Å². The Labute approximate surface area is 153 Å². The average molecular weight is 403 g/mol. The minimum Gasteiger partial charge on any atom is -0.488 e. The number of benzene rings is 2. The summed E-state index contributed by atoms with van der Waals surface area (Å²) in [4.78, 5) is 0. The highest BCUT2D eigenvalue weighted by molar-refractivity contribution is 9.10. The third-order valence-corrected chi connectivity index (χ3v) is 4.14. The second-order valence-electron chi connectivity index (χ2n) is 5.09. The van der Waals surface area contributed by atoms with Crippen molar-refractivity contribution in [2.45, 2.75) is 13.5 Å². The molecule has 1 N–H and O–H groups in total. The van der Waals surface area contributed by atoms with Crippen LogP contribution in [0.5, 0.6) is 5.75 Å². The molecule has 0 saturated carbocycles. The van der Waals surface area contributed by atoms with E-state index in [4.69, 9.17) is 17.0 Å². The fourth-order valence-electron chi connectivity index (χ4n) is 2.09. The van der Waals surface area contributed by atoms with Crippen LogP contribution in [0.1, 0.15) is 17.0 Å². The van der Waals surface area contributed by atoms with Crippen LogP contribution in [0.15, 0.2) is 58.1 Å². The molecule has 0 aliphatic heterocycles. The van der Waals surface area contributed by atoms with Gasteiger partial charge in [0, 0.05) is 10.0 Å². The predicted octanol–water partition coefficient (Wildman–Crippen LogP) is 4.47. The lowest BCUT2D eigenvalue weighted by Crippen LogP contribution is -1.99. The number of aryl methyl sites for hydroxylation is 1. The number of nitrogens with one attached hydrogen (secondary N) is 1. The summed E-state index contributed by atoms with van der Waals surface area (Å²) in [6.07, 6.45) is 1.72. The Morgan fingerprint density at radius 1 is 1.25 bits per heavy atom. The van der Waals surface area contributed by atoms with E-state index in [0.717, 1.165) is 21.3 Å².